The number of methoxy groups -OCH3 is 1. The summed E-state index contributed by atoms with van der Waals surface area (Å²) in [5.74, 6) is -0.941. The van der Waals surface area contributed by atoms with Crippen molar-refractivity contribution in [1.82, 2.24) is 5.32 Å². The van der Waals surface area contributed by atoms with Crippen molar-refractivity contribution in [1.29, 1.82) is 0 Å². The molecule has 0 saturated carbocycles. The highest BCUT2D eigenvalue weighted by Crippen LogP contribution is 2.38. The quantitative estimate of drug-likeness (QED) is 0.311. The molecule has 1 fully saturated rings. The van der Waals surface area contributed by atoms with Crippen molar-refractivity contribution < 1.29 is 23.9 Å². The van der Waals surface area contributed by atoms with Crippen LogP contribution in [0.25, 0.3) is 6.08 Å². The Morgan fingerprint density at radius 2 is 1.72 bits per heavy atom. The fraction of sp³-hybridized carbons (Fsp3) is 0.148. The summed E-state index contributed by atoms with van der Waals surface area (Å²) in [5, 5.41) is 3.02. The van der Waals surface area contributed by atoms with E-state index in [4.69, 9.17) is 32.7 Å². The van der Waals surface area contributed by atoms with E-state index in [0.717, 1.165) is 22.4 Å². The van der Waals surface area contributed by atoms with Crippen molar-refractivity contribution in [3.63, 3.8) is 0 Å². The number of nitrogens with zero attached hydrogens (tertiary/aromatic N) is 1. The van der Waals surface area contributed by atoms with E-state index in [9.17, 15) is 14.4 Å². The van der Waals surface area contributed by atoms with Crippen LogP contribution in [0.4, 0.5) is 10.5 Å². The normalized spacial score (nSPS) is 14.7. The van der Waals surface area contributed by atoms with E-state index in [1.54, 1.807) is 36.4 Å². The molecule has 184 valence electrons. The van der Waals surface area contributed by atoms with E-state index >= 15 is 0 Å². The predicted octanol–water partition coefficient (Wildman–Crippen LogP) is 5.81. The average Bonchev–Trinajstić information content (AvgIpc) is 2.86. The fourth-order valence-electron chi connectivity index (χ4n) is 3.68. The minimum absolute atomic E-state index is 0.200. The number of rotatable bonds is 7. The maximum absolute atomic E-state index is 13.2. The molecule has 0 bridgehead atoms. The first-order valence-electron chi connectivity index (χ1n) is 11.1. The van der Waals surface area contributed by atoms with Crippen LogP contribution in [0.15, 0.2) is 66.2 Å². The number of carbonyl (C=O) groups excluding carboxylic acids is 3. The van der Waals surface area contributed by atoms with Gasteiger partial charge in [0, 0.05) is 5.02 Å². The third-order valence-corrected chi connectivity index (χ3v) is 6.06. The van der Waals surface area contributed by atoms with Gasteiger partial charge in [0.2, 0.25) is 0 Å². The number of urea groups is 1. The minimum atomic E-state index is -0.813. The van der Waals surface area contributed by atoms with Crippen molar-refractivity contribution in [2.45, 2.75) is 20.0 Å². The molecule has 0 unspecified atom stereocenters. The Balaban J connectivity index is 1.63. The van der Waals surface area contributed by atoms with Gasteiger partial charge in [0.25, 0.3) is 11.8 Å². The van der Waals surface area contributed by atoms with Crippen LogP contribution < -0.4 is 19.7 Å². The molecule has 0 radical (unpaired) electrons. The highest BCUT2D eigenvalue weighted by Gasteiger charge is 2.36. The van der Waals surface area contributed by atoms with Gasteiger partial charge in [0.15, 0.2) is 11.5 Å². The van der Waals surface area contributed by atoms with Crippen LogP contribution in [0.1, 0.15) is 23.6 Å². The molecule has 1 aliphatic rings. The fourth-order valence-corrected chi connectivity index (χ4v) is 4.17. The summed E-state index contributed by atoms with van der Waals surface area (Å²) in [6.45, 7) is 2.20. The molecule has 7 nitrogen and oxygen atoms in total. The Kier molecular flexibility index (Phi) is 7.62. The number of barbiturate groups is 1. The van der Waals surface area contributed by atoms with Crippen molar-refractivity contribution in [2.75, 3.05) is 12.0 Å². The smallest absolute Gasteiger partial charge is 0.335 e. The van der Waals surface area contributed by atoms with Gasteiger partial charge in [-0.15, -0.1) is 0 Å². The van der Waals surface area contributed by atoms with Gasteiger partial charge in [0.1, 0.15) is 12.2 Å². The minimum Gasteiger partial charge on any atom is -0.493 e. The second kappa shape index (κ2) is 10.8. The number of ether oxygens (including phenoxy) is 2. The number of hydrogen-bond acceptors (Lipinski definition) is 5. The highest BCUT2D eigenvalue weighted by molar-refractivity contribution is 6.39. The van der Waals surface area contributed by atoms with Crippen LogP contribution in [0.5, 0.6) is 11.5 Å². The summed E-state index contributed by atoms with van der Waals surface area (Å²) in [5.41, 5.74) is 2.44. The summed E-state index contributed by atoms with van der Waals surface area (Å²) in [6.07, 6.45) is 2.16. The maximum atomic E-state index is 13.2. The summed E-state index contributed by atoms with van der Waals surface area (Å²) in [6, 6.07) is 16.5. The number of hydrogen-bond donors (Lipinski definition) is 1. The zero-order valence-electron chi connectivity index (χ0n) is 19.5. The van der Waals surface area contributed by atoms with Crippen LogP contribution in [0.2, 0.25) is 10.0 Å². The van der Waals surface area contributed by atoms with Crippen LogP contribution >= 0.6 is 23.2 Å². The van der Waals surface area contributed by atoms with Crippen molar-refractivity contribution in [3.05, 3.63) is 93.0 Å². The molecule has 4 rings (SSSR count). The lowest BCUT2D eigenvalue weighted by Crippen LogP contribution is -2.54. The standard InChI is InChI=1S/C27H22Cl2N2O5/c1-3-16-7-9-20(10-8-16)31-26(33)21(25(32)30-27(31)34)12-18-13-22(29)24(23(14-18)35-2)36-15-17-5-4-6-19(28)11-17/h4-14H,3,15H2,1-2H3,(H,30,32,34)/b21-12+. The Hall–Kier alpha value is -3.81. The van der Waals surface area contributed by atoms with Gasteiger partial charge < -0.3 is 9.47 Å². The molecule has 0 atom stereocenters. The van der Waals surface area contributed by atoms with Crippen LogP contribution in [0, 0.1) is 0 Å². The van der Waals surface area contributed by atoms with Crippen LogP contribution in [-0.4, -0.2) is 25.0 Å². The number of amides is 4. The number of imide groups is 2. The lowest BCUT2D eigenvalue weighted by atomic mass is 10.1. The molecule has 1 heterocycles. The monoisotopic (exact) mass is 524 g/mol. The number of nitrogens with one attached hydrogen (secondary N) is 1. The summed E-state index contributed by atoms with van der Waals surface area (Å²) in [7, 11) is 1.45. The summed E-state index contributed by atoms with van der Waals surface area (Å²) >= 11 is 12.5. The van der Waals surface area contributed by atoms with Gasteiger partial charge in [-0.25, -0.2) is 9.69 Å². The van der Waals surface area contributed by atoms with Gasteiger partial charge in [-0.1, -0.05) is 54.4 Å². The molecule has 0 aromatic heterocycles. The Labute approximate surface area is 218 Å². The van der Waals surface area contributed by atoms with E-state index < -0.39 is 17.8 Å². The third kappa shape index (κ3) is 5.37. The number of carbonyl (C=O) groups is 3. The van der Waals surface area contributed by atoms with E-state index in [2.05, 4.69) is 5.32 Å². The van der Waals surface area contributed by atoms with Gasteiger partial charge in [-0.3, -0.25) is 14.9 Å². The zero-order valence-corrected chi connectivity index (χ0v) is 21.0. The lowest BCUT2D eigenvalue weighted by molar-refractivity contribution is -0.122. The molecule has 9 heteroatoms. The number of anilines is 1. The van der Waals surface area contributed by atoms with E-state index in [1.807, 2.05) is 31.2 Å². The molecule has 1 aliphatic heterocycles. The van der Waals surface area contributed by atoms with E-state index in [1.165, 1.54) is 13.2 Å². The van der Waals surface area contributed by atoms with Crippen molar-refractivity contribution in [3.8, 4) is 11.5 Å². The van der Waals surface area contributed by atoms with Crippen LogP contribution in [-0.2, 0) is 22.6 Å². The molecule has 4 amide bonds. The average molecular weight is 525 g/mol. The molecular formula is C27H22Cl2N2O5. The number of benzene rings is 3. The predicted molar refractivity (Wildman–Crippen MR) is 139 cm³/mol. The zero-order chi connectivity index (χ0) is 25.8. The second-order valence-corrected chi connectivity index (χ2v) is 8.77. The third-order valence-electron chi connectivity index (χ3n) is 5.54. The Morgan fingerprint density at radius 1 is 0.972 bits per heavy atom. The summed E-state index contributed by atoms with van der Waals surface area (Å²) in [4.78, 5) is 39.1. The van der Waals surface area contributed by atoms with Gasteiger partial charge in [0.05, 0.1) is 17.8 Å². The largest absolute Gasteiger partial charge is 0.493 e. The first-order valence-corrected chi connectivity index (χ1v) is 11.8. The molecule has 3 aromatic rings. The lowest BCUT2D eigenvalue weighted by Gasteiger charge is -2.26. The topological polar surface area (TPSA) is 84.9 Å². The maximum Gasteiger partial charge on any atom is 0.335 e. The SMILES string of the molecule is CCc1ccc(N2C(=O)NC(=O)/C(=C\c3cc(Cl)c(OCc4cccc(Cl)c4)c(OC)c3)C2=O)cc1. The molecule has 0 spiro atoms. The van der Waals surface area contributed by atoms with Crippen molar-refractivity contribution in [2.24, 2.45) is 0 Å². The number of aryl methyl sites for hydroxylation is 1. The molecule has 0 aliphatic carbocycles. The highest BCUT2D eigenvalue weighted by atomic mass is 35.5. The van der Waals surface area contributed by atoms with E-state index in [0.29, 0.717) is 27.8 Å². The molecule has 1 saturated heterocycles. The van der Waals surface area contributed by atoms with E-state index in [-0.39, 0.29) is 17.2 Å². The Bertz CT molecular complexity index is 1370. The first-order chi connectivity index (χ1) is 17.3. The van der Waals surface area contributed by atoms with Gasteiger partial charge in [-0.05, 0) is 65.6 Å². The molecule has 3 aromatic carbocycles. The van der Waals surface area contributed by atoms with Gasteiger partial charge in [-0.2, -0.15) is 0 Å². The molecular weight excluding hydrogens is 503 g/mol. The second-order valence-electron chi connectivity index (χ2n) is 7.93. The number of halogens is 2. The molecule has 1 N–H and O–H groups in total. The molecule has 36 heavy (non-hydrogen) atoms. The van der Waals surface area contributed by atoms with Gasteiger partial charge >= 0.3 is 6.03 Å². The summed E-state index contributed by atoms with van der Waals surface area (Å²) < 4.78 is 11.3. The van der Waals surface area contributed by atoms with Crippen molar-refractivity contribution >= 4 is 52.8 Å². The van der Waals surface area contributed by atoms with Crippen LogP contribution in [0.3, 0.4) is 0 Å². The first kappa shape index (κ1) is 25.3. The Morgan fingerprint density at radius 3 is 2.39 bits per heavy atom.